The first kappa shape index (κ1) is 24.8. The predicted molar refractivity (Wildman–Crippen MR) is 125 cm³/mol. The lowest BCUT2D eigenvalue weighted by Gasteiger charge is -2.16. The number of halogens is 1. The summed E-state index contributed by atoms with van der Waals surface area (Å²) < 4.78 is 25.8. The smallest absolute Gasteiger partial charge is 0.319 e. The predicted octanol–water partition coefficient (Wildman–Crippen LogP) is 0.167. The largest absolute Gasteiger partial charge is 1.00 e. The molecule has 0 unspecified atom stereocenters. The molecule has 1 atom stereocenters. The number of fused-ring (bicyclic) bond motifs is 1. The van der Waals surface area contributed by atoms with Gasteiger partial charge in [-0.15, -0.1) is 0 Å². The molecule has 0 aliphatic carbocycles. The molecule has 3 aromatic rings. The van der Waals surface area contributed by atoms with Crippen LogP contribution in [0, 0.1) is 0 Å². The quantitative estimate of drug-likeness (QED) is 0.464. The Labute approximate surface area is 201 Å². The third-order valence-electron chi connectivity index (χ3n) is 5.73. The molecule has 6 nitrogen and oxygen atoms in total. The lowest BCUT2D eigenvalue weighted by Crippen LogP contribution is -3.00. The van der Waals surface area contributed by atoms with Crippen molar-refractivity contribution < 1.29 is 30.9 Å². The van der Waals surface area contributed by atoms with Crippen molar-refractivity contribution in [3.8, 4) is 0 Å². The number of carbonyl (C=O) groups excluding carboxylic acids is 1. The van der Waals surface area contributed by atoms with Crippen molar-refractivity contribution in [3.63, 3.8) is 0 Å². The number of carbonyl (C=O) groups is 1. The average Bonchev–Trinajstić information content (AvgIpc) is 2.79. The van der Waals surface area contributed by atoms with Crippen LogP contribution in [-0.4, -0.2) is 21.0 Å². The number of hydrogen-bond acceptors (Lipinski definition) is 3. The SMILES string of the molecule is C[C@H](NC(=O)Nc1ccc(S(=O)(=O)Cc2ccc3c(c2)CC[NH2+]C3)cc1)c1ccccc1.[Cl-]. The topological polar surface area (TPSA) is 91.9 Å². The van der Waals surface area contributed by atoms with E-state index in [2.05, 4.69) is 16.0 Å². The van der Waals surface area contributed by atoms with Crippen molar-refractivity contribution in [2.24, 2.45) is 0 Å². The molecular weight excluding hydrogens is 458 g/mol. The molecule has 1 aliphatic rings. The molecule has 0 saturated heterocycles. The molecule has 0 saturated carbocycles. The third kappa shape index (κ3) is 6.35. The number of nitrogens with two attached hydrogens (primary N) is 1. The molecular formula is C25H28ClN3O3S. The van der Waals surface area contributed by atoms with E-state index >= 15 is 0 Å². The maximum absolute atomic E-state index is 12.9. The van der Waals surface area contributed by atoms with Gasteiger partial charge in [-0.2, -0.15) is 0 Å². The van der Waals surface area contributed by atoms with Crippen LogP contribution < -0.4 is 28.4 Å². The van der Waals surface area contributed by atoms with Crippen LogP contribution in [0.3, 0.4) is 0 Å². The van der Waals surface area contributed by atoms with Crippen molar-refractivity contribution in [1.82, 2.24) is 5.32 Å². The Morgan fingerprint density at radius 2 is 1.73 bits per heavy atom. The molecule has 0 fully saturated rings. The first-order valence-electron chi connectivity index (χ1n) is 10.8. The summed E-state index contributed by atoms with van der Waals surface area (Å²) >= 11 is 0. The summed E-state index contributed by atoms with van der Waals surface area (Å²) in [7, 11) is -3.48. The third-order valence-corrected chi connectivity index (χ3v) is 7.43. The van der Waals surface area contributed by atoms with Crippen molar-refractivity contribution in [2.45, 2.75) is 36.6 Å². The Kier molecular flexibility index (Phi) is 8.13. The number of anilines is 1. The second-order valence-corrected chi connectivity index (χ2v) is 10.1. The van der Waals surface area contributed by atoms with E-state index < -0.39 is 9.84 Å². The van der Waals surface area contributed by atoms with Crippen molar-refractivity contribution in [3.05, 3.63) is 95.1 Å². The number of urea groups is 1. The van der Waals surface area contributed by atoms with Gasteiger partial charge in [-0.1, -0.05) is 48.5 Å². The second-order valence-electron chi connectivity index (χ2n) is 8.15. The molecule has 3 aromatic carbocycles. The van der Waals surface area contributed by atoms with E-state index in [1.54, 1.807) is 24.3 Å². The lowest BCUT2D eigenvalue weighted by molar-refractivity contribution is -0.673. The number of sulfone groups is 1. The minimum atomic E-state index is -3.48. The van der Waals surface area contributed by atoms with Crippen molar-refractivity contribution >= 4 is 21.6 Å². The highest BCUT2D eigenvalue weighted by molar-refractivity contribution is 7.90. The summed E-state index contributed by atoms with van der Waals surface area (Å²) in [5, 5.41) is 7.89. The number of nitrogens with one attached hydrogen (secondary N) is 2. The summed E-state index contributed by atoms with van der Waals surface area (Å²) in [6.45, 7) is 3.90. The van der Waals surface area contributed by atoms with Crippen LogP contribution in [-0.2, 0) is 28.6 Å². The van der Waals surface area contributed by atoms with Gasteiger partial charge in [0.15, 0.2) is 9.84 Å². The zero-order chi connectivity index (χ0) is 22.6. The summed E-state index contributed by atoms with van der Waals surface area (Å²) in [5.41, 5.74) is 4.88. The highest BCUT2D eigenvalue weighted by atomic mass is 35.5. The van der Waals surface area contributed by atoms with Crippen LogP contribution in [0.25, 0.3) is 0 Å². The number of benzene rings is 3. The molecule has 1 heterocycles. The minimum Gasteiger partial charge on any atom is -1.00 e. The fourth-order valence-corrected chi connectivity index (χ4v) is 5.29. The highest BCUT2D eigenvalue weighted by Gasteiger charge is 2.18. The molecule has 0 spiro atoms. The normalized spacial score (nSPS) is 13.8. The molecule has 0 radical (unpaired) electrons. The number of amides is 2. The van der Waals surface area contributed by atoms with Gasteiger partial charge in [0.2, 0.25) is 0 Å². The monoisotopic (exact) mass is 485 g/mol. The molecule has 174 valence electrons. The van der Waals surface area contributed by atoms with Gasteiger partial charge in [0.05, 0.1) is 23.2 Å². The van der Waals surface area contributed by atoms with Gasteiger partial charge in [-0.25, -0.2) is 13.2 Å². The van der Waals surface area contributed by atoms with Gasteiger partial charge >= 0.3 is 6.03 Å². The Balaban J connectivity index is 0.00000306. The molecule has 4 rings (SSSR count). The number of hydrogen-bond donors (Lipinski definition) is 3. The van der Waals surface area contributed by atoms with Crippen LogP contribution in [0.2, 0.25) is 0 Å². The zero-order valence-corrected chi connectivity index (χ0v) is 20.0. The summed E-state index contributed by atoms with van der Waals surface area (Å²) in [4.78, 5) is 12.5. The molecule has 2 amide bonds. The summed E-state index contributed by atoms with van der Waals surface area (Å²) in [6, 6.07) is 21.5. The van der Waals surface area contributed by atoms with Gasteiger partial charge in [0, 0.05) is 17.7 Å². The lowest BCUT2D eigenvalue weighted by atomic mass is 9.99. The van der Waals surface area contributed by atoms with Crippen molar-refractivity contribution in [2.75, 3.05) is 11.9 Å². The van der Waals surface area contributed by atoms with Gasteiger partial charge in [-0.3, -0.25) is 0 Å². The minimum absolute atomic E-state index is 0. The van der Waals surface area contributed by atoms with Gasteiger partial charge in [0.25, 0.3) is 0 Å². The maximum Gasteiger partial charge on any atom is 0.319 e. The second kappa shape index (κ2) is 10.8. The van der Waals surface area contributed by atoms with E-state index in [0.29, 0.717) is 5.69 Å². The van der Waals surface area contributed by atoms with Gasteiger partial charge in [-0.05, 0) is 47.9 Å². The van der Waals surface area contributed by atoms with E-state index in [9.17, 15) is 13.2 Å². The van der Waals surface area contributed by atoms with E-state index in [0.717, 1.165) is 30.6 Å². The fourth-order valence-electron chi connectivity index (χ4n) is 3.95. The highest BCUT2D eigenvalue weighted by Crippen LogP contribution is 2.21. The van der Waals surface area contributed by atoms with Crippen LogP contribution >= 0.6 is 0 Å². The van der Waals surface area contributed by atoms with Crippen LogP contribution in [0.15, 0.2) is 77.7 Å². The van der Waals surface area contributed by atoms with E-state index in [1.807, 2.05) is 55.5 Å². The van der Waals surface area contributed by atoms with Gasteiger partial charge < -0.3 is 28.4 Å². The molecule has 0 bridgehead atoms. The van der Waals surface area contributed by atoms with Crippen molar-refractivity contribution in [1.29, 1.82) is 0 Å². The van der Waals surface area contributed by atoms with Crippen LogP contribution in [0.1, 0.15) is 35.2 Å². The standard InChI is InChI=1S/C25H27N3O3S.ClH/c1-18(20-5-3-2-4-6-20)27-25(29)28-23-9-11-24(12-10-23)32(30,31)17-19-7-8-22-16-26-14-13-21(22)15-19;/h2-12,15,18,26H,13-14,16-17H2,1H3,(H2,27,28,29);1H/t18-;/m0./s1. The molecule has 1 aliphatic heterocycles. The number of quaternary nitrogens is 1. The Morgan fingerprint density at radius 3 is 2.45 bits per heavy atom. The Hall–Kier alpha value is -2.87. The molecule has 33 heavy (non-hydrogen) atoms. The first-order chi connectivity index (χ1) is 15.4. The van der Waals surface area contributed by atoms with E-state index in [4.69, 9.17) is 0 Å². The van der Waals surface area contributed by atoms with E-state index in [-0.39, 0.29) is 35.1 Å². The summed E-state index contributed by atoms with van der Waals surface area (Å²) in [6.07, 6.45) is 0.967. The summed E-state index contributed by atoms with van der Waals surface area (Å²) in [5.74, 6) is -0.0359. The number of rotatable bonds is 6. The first-order valence-corrected chi connectivity index (χ1v) is 12.4. The maximum atomic E-state index is 12.9. The molecule has 0 aromatic heterocycles. The van der Waals surface area contributed by atoms with Crippen LogP contribution in [0.4, 0.5) is 10.5 Å². The van der Waals surface area contributed by atoms with Gasteiger partial charge in [0.1, 0.15) is 6.54 Å². The van der Waals surface area contributed by atoms with Crippen LogP contribution in [0.5, 0.6) is 0 Å². The fraction of sp³-hybridized carbons (Fsp3) is 0.240. The average molecular weight is 486 g/mol. The molecule has 8 heteroatoms. The Bertz CT molecular complexity index is 1200. The molecule has 4 N–H and O–H groups in total. The van der Waals surface area contributed by atoms with E-state index in [1.165, 1.54) is 11.1 Å². The zero-order valence-electron chi connectivity index (χ0n) is 18.4. The Morgan fingerprint density at radius 1 is 1.00 bits per heavy atom.